The molecule has 1 heteroatoms. The molecule has 0 fully saturated rings. The van der Waals surface area contributed by atoms with Crippen molar-refractivity contribution in [3.63, 3.8) is 0 Å². The van der Waals surface area contributed by atoms with E-state index in [-0.39, 0.29) is 0 Å². The molecule has 1 heterocycles. The van der Waals surface area contributed by atoms with Gasteiger partial charge < -0.3 is 0 Å². The minimum absolute atomic E-state index is 1.09. The molecule has 0 aliphatic rings. The van der Waals surface area contributed by atoms with E-state index >= 15 is 0 Å². The van der Waals surface area contributed by atoms with Crippen LogP contribution in [0, 0.1) is 0 Å². The highest BCUT2D eigenvalue weighted by Crippen LogP contribution is 2.17. The zero-order valence-electron chi connectivity index (χ0n) is 22.4. The third-order valence-corrected chi connectivity index (χ3v) is 7.17. The first-order valence-corrected chi connectivity index (χ1v) is 14.8. The van der Waals surface area contributed by atoms with Crippen molar-refractivity contribution in [3.8, 4) is 0 Å². The van der Waals surface area contributed by atoms with Crippen molar-refractivity contribution >= 4 is 0 Å². The Bertz CT molecular complexity index is 521. The summed E-state index contributed by atoms with van der Waals surface area (Å²) in [4.78, 5) is 0. The van der Waals surface area contributed by atoms with E-state index in [0.717, 1.165) is 6.54 Å². The molecule has 1 aromatic rings. The van der Waals surface area contributed by atoms with Gasteiger partial charge in [0.25, 0.3) is 0 Å². The molecular weight excluding hydrogens is 386 g/mol. The van der Waals surface area contributed by atoms with Crippen LogP contribution in [-0.4, -0.2) is 0 Å². The second-order valence-electron chi connectivity index (χ2n) is 10.2. The van der Waals surface area contributed by atoms with Crippen LogP contribution in [0.3, 0.4) is 0 Å². The van der Waals surface area contributed by atoms with Gasteiger partial charge in [0, 0.05) is 11.6 Å². The minimum atomic E-state index is 1.09. The Morgan fingerprint density at radius 2 is 0.844 bits per heavy atom. The van der Waals surface area contributed by atoms with E-state index < -0.39 is 0 Å². The van der Waals surface area contributed by atoms with Crippen molar-refractivity contribution in [2.45, 2.75) is 169 Å². The van der Waals surface area contributed by atoms with Gasteiger partial charge in [0.05, 0.1) is 0 Å². The van der Waals surface area contributed by atoms with E-state index in [1.165, 1.54) is 141 Å². The number of nitrogens with zero attached hydrogens (tertiary/aromatic N) is 1. The zero-order valence-corrected chi connectivity index (χ0v) is 22.4. The quantitative estimate of drug-likeness (QED) is 0.117. The van der Waals surface area contributed by atoms with Crippen LogP contribution in [0.1, 0.15) is 160 Å². The summed E-state index contributed by atoms with van der Waals surface area (Å²) in [7, 11) is 0. The maximum atomic E-state index is 2.44. The van der Waals surface area contributed by atoms with Gasteiger partial charge in [-0.1, -0.05) is 129 Å². The molecule has 1 nitrogen and oxygen atoms in total. The van der Waals surface area contributed by atoms with Gasteiger partial charge >= 0.3 is 0 Å². The van der Waals surface area contributed by atoms with Crippen molar-refractivity contribution in [3.05, 3.63) is 29.6 Å². The monoisotopic (exact) mass is 444 g/mol. The summed E-state index contributed by atoms with van der Waals surface area (Å²) in [6, 6.07) is 2.42. The van der Waals surface area contributed by atoms with E-state index in [1.807, 2.05) is 0 Å². The minimum Gasteiger partial charge on any atom is -0.205 e. The summed E-state index contributed by atoms with van der Waals surface area (Å²) >= 11 is 0. The van der Waals surface area contributed by atoms with Gasteiger partial charge in [-0.2, -0.15) is 0 Å². The van der Waals surface area contributed by atoms with Crippen molar-refractivity contribution in [2.24, 2.45) is 0 Å². The predicted octanol–water partition coefficient (Wildman–Crippen LogP) is 9.92. The third-order valence-electron chi connectivity index (χ3n) is 7.17. The molecule has 32 heavy (non-hydrogen) atoms. The van der Waals surface area contributed by atoms with Crippen molar-refractivity contribution < 1.29 is 4.57 Å². The lowest BCUT2D eigenvalue weighted by Gasteiger charge is -2.09. The summed E-state index contributed by atoms with van der Waals surface area (Å²) in [6.45, 7) is 7.95. The molecule has 186 valence electrons. The zero-order chi connectivity index (χ0) is 23.1. The van der Waals surface area contributed by atoms with Gasteiger partial charge in [-0.25, -0.2) is 4.57 Å². The fourth-order valence-electron chi connectivity index (χ4n) is 4.89. The van der Waals surface area contributed by atoms with Crippen LogP contribution in [0.25, 0.3) is 0 Å². The standard InChI is InChI=1S/C31H58N/c1-4-7-9-11-13-15-17-19-21-23-25-30-27-28-32(6-3)29-31(30)26-24-22-20-18-16-14-12-10-8-5-2/h27-29H,4-26H2,1-3H3/q+1. The molecule has 0 aliphatic carbocycles. The van der Waals surface area contributed by atoms with Gasteiger partial charge in [-0.15, -0.1) is 0 Å². The topological polar surface area (TPSA) is 3.88 Å². The van der Waals surface area contributed by atoms with Crippen molar-refractivity contribution in [1.82, 2.24) is 0 Å². The van der Waals surface area contributed by atoms with E-state index in [2.05, 4.69) is 43.8 Å². The molecule has 0 radical (unpaired) electrons. The van der Waals surface area contributed by atoms with E-state index in [0.29, 0.717) is 0 Å². The lowest BCUT2D eigenvalue weighted by Crippen LogP contribution is -2.32. The Labute approximate surface area is 202 Å². The Kier molecular flexibility index (Phi) is 20.0. The maximum Gasteiger partial charge on any atom is 0.172 e. The van der Waals surface area contributed by atoms with Gasteiger partial charge in [-0.05, 0) is 38.2 Å². The largest absolute Gasteiger partial charge is 0.205 e. The molecule has 0 bridgehead atoms. The van der Waals surface area contributed by atoms with Crippen LogP contribution in [0.5, 0.6) is 0 Å². The van der Waals surface area contributed by atoms with Crippen LogP contribution in [0.4, 0.5) is 0 Å². The Hall–Kier alpha value is -0.850. The second kappa shape index (κ2) is 22.0. The molecule has 1 rings (SSSR count). The SMILES string of the molecule is CCCCCCCCCCCCc1cc[n+](CC)cc1CCCCCCCCCCCC. The molecule has 0 unspecified atom stereocenters. The fourth-order valence-corrected chi connectivity index (χ4v) is 4.89. The Morgan fingerprint density at radius 1 is 0.469 bits per heavy atom. The highest BCUT2D eigenvalue weighted by atomic mass is 14.9. The van der Waals surface area contributed by atoms with E-state index in [1.54, 1.807) is 11.1 Å². The predicted molar refractivity (Wildman–Crippen MR) is 143 cm³/mol. The third kappa shape index (κ3) is 15.9. The summed E-state index contributed by atoms with van der Waals surface area (Å²) in [5.41, 5.74) is 3.26. The van der Waals surface area contributed by atoms with Crippen LogP contribution in [0.15, 0.2) is 18.5 Å². The first kappa shape index (κ1) is 29.2. The highest BCUT2D eigenvalue weighted by molar-refractivity contribution is 5.21. The van der Waals surface area contributed by atoms with Crippen LogP contribution < -0.4 is 4.57 Å². The number of aryl methyl sites for hydroxylation is 3. The smallest absolute Gasteiger partial charge is 0.172 e. The van der Waals surface area contributed by atoms with Gasteiger partial charge in [0.15, 0.2) is 12.4 Å². The summed E-state index contributed by atoms with van der Waals surface area (Å²) in [6.07, 6.45) is 35.8. The fraction of sp³-hybridized carbons (Fsp3) is 0.839. The maximum absolute atomic E-state index is 2.44. The molecule has 0 N–H and O–H groups in total. The van der Waals surface area contributed by atoms with E-state index in [9.17, 15) is 0 Å². The number of aromatic nitrogens is 1. The second-order valence-corrected chi connectivity index (χ2v) is 10.2. The molecule has 1 aromatic heterocycles. The van der Waals surface area contributed by atoms with Gasteiger partial charge in [0.2, 0.25) is 0 Å². The first-order chi connectivity index (χ1) is 15.8. The summed E-state index contributed by atoms with van der Waals surface area (Å²) < 4.78 is 2.37. The lowest BCUT2D eigenvalue weighted by atomic mass is 9.97. The number of hydrogen-bond acceptors (Lipinski definition) is 0. The summed E-state index contributed by atoms with van der Waals surface area (Å²) in [5.74, 6) is 0. The molecule has 0 spiro atoms. The molecule has 0 amide bonds. The average molecular weight is 445 g/mol. The van der Waals surface area contributed by atoms with Crippen molar-refractivity contribution in [2.75, 3.05) is 0 Å². The molecule has 0 atom stereocenters. The first-order valence-electron chi connectivity index (χ1n) is 14.8. The summed E-state index contributed by atoms with van der Waals surface area (Å²) in [5, 5.41) is 0. The number of rotatable bonds is 23. The number of unbranched alkanes of at least 4 members (excludes halogenated alkanes) is 18. The molecular formula is C31H58N+. The molecule has 0 aliphatic heterocycles. The molecule has 0 saturated carbocycles. The van der Waals surface area contributed by atoms with Crippen LogP contribution >= 0.6 is 0 Å². The van der Waals surface area contributed by atoms with E-state index in [4.69, 9.17) is 0 Å². The number of pyridine rings is 1. The molecule has 0 saturated heterocycles. The normalized spacial score (nSPS) is 11.3. The Morgan fingerprint density at radius 3 is 1.25 bits per heavy atom. The highest BCUT2D eigenvalue weighted by Gasteiger charge is 2.08. The number of hydrogen-bond donors (Lipinski definition) is 0. The van der Waals surface area contributed by atoms with Gasteiger partial charge in [0.1, 0.15) is 6.54 Å². The molecule has 0 aromatic carbocycles. The lowest BCUT2D eigenvalue weighted by molar-refractivity contribution is -0.694. The Balaban J connectivity index is 2.17. The van der Waals surface area contributed by atoms with Crippen molar-refractivity contribution in [1.29, 1.82) is 0 Å². The average Bonchev–Trinajstić information content (AvgIpc) is 2.82. The van der Waals surface area contributed by atoms with Crippen LogP contribution in [0.2, 0.25) is 0 Å². The van der Waals surface area contributed by atoms with Gasteiger partial charge in [-0.3, -0.25) is 0 Å². The van der Waals surface area contributed by atoms with Crippen LogP contribution in [-0.2, 0) is 19.4 Å².